The molecule has 64 valence electrons. The van der Waals surface area contributed by atoms with Crippen molar-refractivity contribution in [3.05, 3.63) is 24.3 Å². The molecule has 0 saturated carbocycles. The largest absolute Gasteiger partial charge is 0.485 e. The lowest BCUT2D eigenvalue weighted by molar-refractivity contribution is -0.109. The van der Waals surface area contributed by atoms with Crippen molar-refractivity contribution in [2.24, 2.45) is 0 Å². The number of thioether (sulfide) groups is 1. The van der Waals surface area contributed by atoms with Gasteiger partial charge in [-0.1, -0.05) is 12.1 Å². The van der Waals surface area contributed by atoms with E-state index in [9.17, 15) is 4.79 Å². The maximum Gasteiger partial charge on any atom is 0.157 e. The van der Waals surface area contributed by atoms with Gasteiger partial charge in [-0.3, -0.25) is 4.79 Å². The van der Waals surface area contributed by atoms with E-state index in [-0.39, 0.29) is 6.61 Å². The number of para-hydroxylation sites is 1. The zero-order chi connectivity index (χ0) is 8.81. The second-order valence-electron chi connectivity index (χ2n) is 2.13. The number of hydrogen-bond acceptors (Lipinski definition) is 3. The van der Waals surface area contributed by atoms with Crippen LogP contribution in [0.2, 0.25) is 0 Å². The van der Waals surface area contributed by atoms with Crippen molar-refractivity contribution in [1.29, 1.82) is 0 Å². The summed E-state index contributed by atoms with van der Waals surface area (Å²) in [5, 5.41) is 0. The third-order valence-electron chi connectivity index (χ3n) is 1.38. The maximum atomic E-state index is 10.0. The zero-order valence-electron chi connectivity index (χ0n) is 6.82. The van der Waals surface area contributed by atoms with Crippen LogP contribution in [0.15, 0.2) is 29.2 Å². The monoisotopic (exact) mass is 182 g/mol. The van der Waals surface area contributed by atoms with Crippen molar-refractivity contribution in [3.8, 4) is 5.75 Å². The predicted octanol–water partition coefficient (Wildman–Crippen LogP) is 1.99. The average Bonchev–Trinajstić information content (AvgIpc) is 2.15. The first kappa shape index (κ1) is 9.13. The molecule has 0 N–H and O–H groups in total. The Kier molecular flexibility index (Phi) is 3.67. The van der Waals surface area contributed by atoms with Gasteiger partial charge in [0.25, 0.3) is 0 Å². The SMILES string of the molecule is CSc1ccccc1OCC=O. The van der Waals surface area contributed by atoms with Gasteiger partial charge >= 0.3 is 0 Å². The lowest BCUT2D eigenvalue weighted by atomic mass is 10.3. The predicted molar refractivity (Wildman–Crippen MR) is 49.8 cm³/mol. The van der Waals surface area contributed by atoms with E-state index in [1.807, 2.05) is 30.5 Å². The molecule has 0 saturated heterocycles. The second kappa shape index (κ2) is 4.83. The van der Waals surface area contributed by atoms with Crippen molar-refractivity contribution in [3.63, 3.8) is 0 Å². The van der Waals surface area contributed by atoms with Crippen molar-refractivity contribution < 1.29 is 9.53 Å². The van der Waals surface area contributed by atoms with E-state index in [0.717, 1.165) is 16.9 Å². The number of hydrogen-bond donors (Lipinski definition) is 0. The van der Waals surface area contributed by atoms with Crippen LogP contribution in [0.1, 0.15) is 0 Å². The number of rotatable bonds is 4. The van der Waals surface area contributed by atoms with Crippen LogP contribution in [-0.4, -0.2) is 19.1 Å². The molecule has 0 fully saturated rings. The first-order valence-electron chi connectivity index (χ1n) is 3.58. The standard InChI is InChI=1S/C9H10O2S/c1-12-9-5-3-2-4-8(9)11-7-6-10/h2-6H,7H2,1H3. The number of carbonyl (C=O) groups is 1. The number of benzene rings is 1. The molecular weight excluding hydrogens is 172 g/mol. The van der Waals surface area contributed by atoms with Crippen LogP contribution in [0.4, 0.5) is 0 Å². The van der Waals surface area contributed by atoms with Crippen LogP contribution in [0.3, 0.4) is 0 Å². The molecule has 1 aromatic rings. The smallest absolute Gasteiger partial charge is 0.157 e. The molecule has 0 aliphatic rings. The summed E-state index contributed by atoms with van der Waals surface area (Å²) in [6.07, 6.45) is 2.72. The minimum absolute atomic E-state index is 0.123. The molecule has 3 heteroatoms. The average molecular weight is 182 g/mol. The first-order valence-corrected chi connectivity index (χ1v) is 4.80. The van der Waals surface area contributed by atoms with Crippen LogP contribution in [0, 0.1) is 0 Å². The van der Waals surface area contributed by atoms with Gasteiger partial charge in [0.2, 0.25) is 0 Å². The summed E-state index contributed by atoms with van der Waals surface area (Å²) in [4.78, 5) is 11.1. The molecule has 0 heterocycles. The normalized spacial score (nSPS) is 9.42. The first-order chi connectivity index (χ1) is 5.88. The summed E-state index contributed by atoms with van der Waals surface area (Å²) in [5.74, 6) is 0.775. The fraction of sp³-hybridized carbons (Fsp3) is 0.222. The Hall–Kier alpha value is -0.960. The third-order valence-corrected chi connectivity index (χ3v) is 2.15. The van der Waals surface area contributed by atoms with Crippen LogP contribution < -0.4 is 4.74 Å². The third kappa shape index (κ3) is 2.27. The van der Waals surface area contributed by atoms with Gasteiger partial charge in [0.15, 0.2) is 6.29 Å². The fourth-order valence-electron chi connectivity index (χ4n) is 0.862. The molecule has 12 heavy (non-hydrogen) atoms. The van der Waals surface area contributed by atoms with E-state index in [4.69, 9.17) is 4.74 Å². The zero-order valence-corrected chi connectivity index (χ0v) is 7.64. The van der Waals surface area contributed by atoms with Crippen molar-refractivity contribution in [2.75, 3.05) is 12.9 Å². The van der Waals surface area contributed by atoms with Crippen LogP contribution >= 0.6 is 11.8 Å². The second-order valence-corrected chi connectivity index (χ2v) is 2.98. The van der Waals surface area contributed by atoms with Gasteiger partial charge in [-0.05, 0) is 18.4 Å². The lowest BCUT2D eigenvalue weighted by Crippen LogP contribution is -1.98. The lowest BCUT2D eigenvalue weighted by Gasteiger charge is -2.05. The molecule has 1 rings (SSSR count). The quantitative estimate of drug-likeness (QED) is 0.526. The summed E-state index contributed by atoms with van der Waals surface area (Å²) in [6.45, 7) is 0.123. The molecule has 0 unspecified atom stereocenters. The molecule has 0 aliphatic carbocycles. The van der Waals surface area contributed by atoms with Gasteiger partial charge in [-0.25, -0.2) is 0 Å². The Labute approximate surface area is 75.9 Å². The molecule has 0 aromatic heterocycles. The van der Waals surface area contributed by atoms with Crippen molar-refractivity contribution in [1.82, 2.24) is 0 Å². The summed E-state index contributed by atoms with van der Waals surface area (Å²) in [6, 6.07) is 7.65. The van der Waals surface area contributed by atoms with Crippen molar-refractivity contribution >= 4 is 18.0 Å². The number of carbonyl (C=O) groups excluding carboxylic acids is 1. The van der Waals surface area contributed by atoms with Gasteiger partial charge in [0, 0.05) is 4.90 Å². The highest BCUT2D eigenvalue weighted by Gasteiger charge is 1.99. The van der Waals surface area contributed by atoms with Gasteiger partial charge in [0.1, 0.15) is 12.4 Å². The van der Waals surface area contributed by atoms with Gasteiger partial charge in [-0.2, -0.15) is 0 Å². The molecule has 1 aromatic carbocycles. The molecule has 0 atom stereocenters. The highest BCUT2D eigenvalue weighted by molar-refractivity contribution is 7.98. The van der Waals surface area contributed by atoms with E-state index in [1.165, 1.54) is 0 Å². The summed E-state index contributed by atoms with van der Waals surface area (Å²) < 4.78 is 5.19. The van der Waals surface area contributed by atoms with Crippen LogP contribution in [0.25, 0.3) is 0 Å². The fourth-order valence-corrected chi connectivity index (χ4v) is 1.40. The van der Waals surface area contributed by atoms with Gasteiger partial charge in [-0.15, -0.1) is 11.8 Å². The Morgan fingerprint density at radius 2 is 2.25 bits per heavy atom. The molecule has 2 nitrogen and oxygen atoms in total. The maximum absolute atomic E-state index is 10.0. The minimum Gasteiger partial charge on any atom is -0.485 e. The van der Waals surface area contributed by atoms with Gasteiger partial charge < -0.3 is 4.74 Å². The summed E-state index contributed by atoms with van der Waals surface area (Å²) >= 11 is 1.60. The highest BCUT2D eigenvalue weighted by atomic mass is 32.2. The Morgan fingerprint density at radius 1 is 1.50 bits per heavy atom. The molecule has 0 bridgehead atoms. The number of aldehydes is 1. The molecule has 0 radical (unpaired) electrons. The highest BCUT2D eigenvalue weighted by Crippen LogP contribution is 2.26. The van der Waals surface area contributed by atoms with Gasteiger partial charge in [0.05, 0.1) is 0 Å². The van der Waals surface area contributed by atoms with E-state index < -0.39 is 0 Å². The molecular formula is C9H10O2S. The Morgan fingerprint density at radius 3 is 2.92 bits per heavy atom. The molecule has 0 amide bonds. The molecule has 0 spiro atoms. The van der Waals surface area contributed by atoms with E-state index >= 15 is 0 Å². The van der Waals surface area contributed by atoms with E-state index in [2.05, 4.69) is 0 Å². The number of ether oxygens (including phenoxy) is 1. The minimum atomic E-state index is 0.123. The molecule has 0 aliphatic heterocycles. The van der Waals surface area contributed by atoms with Crippen molar-refractivity contribution in [2.45, 2.75) is 4.90 Å². The van der Waals surface area contributed by atoms with Crippen LogP contribution in [0.5, 0.6) is 5.75 Å². The Balaban J connectivity index is 2.74. The van der Waals surface area contributed by atoms with E-state index in [0.29, 0.717) is 0 Å². The van der Waals surface area contributed by atoms with E-state index in [1.54, 1.807) is 11.8 Å². The topological polar surface area (TPSA) is 26.3 Å². The van der Waals surface area contributed by atoms with Crippen LogP contribution in [-0.2, 0) is 4.79 Å². The summed E-state index contributed by atoms with van der Waals surface area (Å²) in [5.41, 5.74) is 0. The summed E-state index contributed by atoms with van der Waals surface area (Å²) in [7, 11) is 0. The Bertz CT molecular complexity index is 260.